The highest BCUT2D eigenvalue weighted by Crippen LogP contribution is 2.34. The van der Waals surface area contributed by atoms with E-state index in [0.29, 0.717) is 18.7 Å². The molecule has 0 amide bonds. The Morgan fingerprint density at radius 3 is 2.60 bits per heavy atom. The van der Waals surface area contributed by atoms with Gasteiger partial charge >= 0.3 is 0 Å². The minimum absolute atomic E-state index is 0.00690. The molecule has 118 valence electrons. The maximum Gasteiger partial charge on any atom is 0.0613 e. The quantitative estimate of drug-likeness (QED) is 0.718. The van der Waals surface area contributed by atoms with Crippen LogP contribution in [-0.4, -0.2) is 47.3 Å². The molecule has 0 spiro atoms. The van der Waals surface area contributed by atoms with E-state index >= 15 is 0 Å². The summed E-state index contributed by atoms with van der Waals surface area (Å²) >= 11 is 0. The lowest BCUT2D eigenvalue weighted by Gasteiger charge is -2.45. The first kappa shape index (κ1) is 16.3. The molecule has 0 heterocycles. The van der Waals surface area contributed by atoms with Crippen LogP contribution >= 0.6 is 0 Å². The Morgan fingerprint density at radius 2 is 2.05 bits per heavy atom. The highest BCUT2D eigenvalue weighted by molar-refractivity contribution is 5.00. The fourth-order valence-electron chi connectivity index (χ4n) is 3.69. The average molecular weight is 282 g/mol. The summed E-state index contributed by atoms with van der Waals surface area (Å²) in [6, 6.07) is 1.34. The molecule has 0 aromatic rings. The largest absolute Gasteiger partial charge is 0.394 e. The zero-order chi connectivity index (χ0) is 14.6. The molecule has 2 fully saturated rings. The highest BCUT2D eigenvalue weighted by Gasteiger charge is 2.41. The fourth-order valence-corrected chi connectivity index (χ4v) is 3.69. The molecule has 3 atom stereocenters. The van der Waals surface area contributed by atoms with Crippen molar-refractivity contribution >= 4 is 0 Å². The van der Waals surface area contributed by atoms with Gasteiger partial charge in [0.2, 0.25) is 0 Å². The molecule has 20 heavy (non-hydrogen) atoms. The summed E-state index contributed by atoms with van der Waals surface area (Å²) in [6.07, 6.45) is 8.70. The summed E-state index contributed by atoms with van der Waals surface area (Å²) in [5, 5.41) is 13.7. The zero-order valence-corrected chi connectivity index (χ0v) is 13.7. The number of hydrogen-bond donors (Lipinski definition) is 2. The Labute approximate surface area is 125 Å². The van der Waals surface area contributed by atoms with E-state index in [1.807, 2.05) is 0 Å². The number of hydrogen-bond acceptors (Lipinski definition) is 3. The Balaban J connectivity index is 1.95. The molecule has 0 saturated heterocycles. The van der Waals surface area contributed by atoms with Crippen LogP contribution in [0.1, 0.15) is 65.7 Å². The first-order valence-corrected chi connectivity index (χ1v) is 8.75. The molecule has 0 radical (unpaired) electrons. The van der Waals surface area contributed by atoms with Gasteiger partial charge in [0.15, 0.2) is 0 Å². The Hall–Kier alpha value is -0.120. The van der Waals surface area contributed by atoms with E-state index in [2.05, 4.69) is 31.0 Å². The van der Waals surface area contributed by atoms with Crippen LogP contribution in [0.25, 0.3) is 0 Å². The van der Waals surface area contributed by atoms with Crippen molar-refractivity contribution < 1.29 is 5.11 Å². The van der Waals surface area contributed by atoms with Crippen molar-refractivity contribution in [3.8, 4) is 0 Å². The van der Waals surface area contributed by atoms with Crippen LogP contribution in [0.2, 0.25) is 0 Å². The molecule has 3 nitrogen and oxygen atoms in total. The minimum Gasteiger partial charge on any atom is -0.394 e. The highest BCUT2D eigenvalue weighted by atomic mass is 16.3. The van der Waals surface area contributed by atoms with Gasteiger partial charge in [-0.15, -0.1) is 0 Å². The van der Waals surface area contributed by atoms with Crippen molar-refractivity contribution in [3.63, 3.8) is 0 Å². The third-order valence-electron chi connectivity index (χ3n) is 5.38. The molecule has 3 unspecified atom stereocenters. The van der Waals surface area contributed by atoms with Gasteiger partial charge in [0.1, 0.15) is 0 Å². The van der Waals surface area contributed by atoms with Crippen LogP contribution in [-0.2, 0) is 0 Å². The third kappa shape index (κ3) is 4.19. The Morgan fingerprint density at radius 1 is 1.30 bits per heavy atom. The van der Waals surface area contributed by atoms with Gasteiger partial charge in [0, 0.05) is 24.2 Å². The average Bonchev–Trinajstić information content (AvgIpc) is 3.28. The van der Waals surface area contributed by atoms with E-state index < -0.39 is 0 Å². The second-order valence-electron chi connectivity index (χ2n) is 7.21. The van der Waals surface area contributed by atoms with Crippen LogP contribution in [0.5, 0.6) is 0 Å². The third-order valence-corrected chi connectivity index (χ3v) is 5.38. The molecule has 2 N–H and O–H groups in total. The van der Waals surface area contributed by atoms with Crippen molar-refractivity contribution in [3.05, 3.63) is 0 Å². The fraction of sp³-hybridized carbons (Fsp3) is 1.00. The molecule has 2 rings (SSSR count). The molecule has 2 aliphatic rings. The molecule has 3 heteroatoms. The standard InChI is InChI=1S/C17H34N2O/c1-4-14(3)12-19(5-2)16-7-6-10-17(11-16,13-20)18-15-8-9-15/h14-16,18,20H,4-13H2,1-3H3. The predicted molar refractivity (Wildman–Crippen MR) is 84.9 cm³/mol. The lowest BCUT2D eigenvalue weighted by Crippen LogP contribution is -2.56. The van der Waals surface area contributed by atoms with Gasteiger partial charge in [-0.2, -0.15) is 0 Å². The smallest absolute Gasteiger partial charge is 0.0613 e. The van der Waals surface area contributed by atoms with Gasteiger partial charge in [0.05, 0.1) is 6.61 Å². The Kier molecular flexibility index (Phi) is 5.88. The van der Waals surface area contributed by atoms with Crippen molar-refractivity contribution in [1.82, 2.24) is 10.2 Å². The number of rotatable bonds is 8. The van der Waals surface area contributed by atoms with E-state index in [4.69, 9.17) is 0 Å². The lowest BCUT2D eigenvalue weighted by molar-refractivity contribution is 0.0539. The maximum absolute atomic E-state index is 9.94. The molecule has 2 saturated carbocycles. The van der Waals surface area contributed by atoms with Crippen molar-refractivity contribution in [2.75, 3.05) is 19.7 Å². The van der Waals surface area contributed by atoms with E-state index in [1.54, 1.807) is 0 Å². The van der Waals surface area contributed by atoms with Crippen LogP contribution < -0.4 is 5.32 Å². The summed E-state index contributed by atoms with van der Waals surface area (Å²) < 4.78 is 0. The second kappa shape index (κ2) is 7.24. The van der Waals surface area contributed by atoms with Gasteiger partial charge in [-0.1, -0.05) is 27.2 Å². The summed E-state index contributed by atoms with van der Waals surface area (Å²) in [4.78, 5) is 2.66. The van der Waals surface area contributed by atoms with Crippen molar-refractivity contribution in [2.24, 2.45) is 5.92 Å². The van der Waals surface area contributed by atoms with E-state index in [-0.39, 0.29) is 5.54 Å². The van der Waals surface area contributed by atoms with Crippen LogP contribution in [0.4, 0.5) is 0 Å². The number of aliphatic hydroxyl groups is 1. The van der Waals surface area contributed by atoms with Gasteiger partial charge in [-0.05, 0) is 51.0 Å². The zero-order valence-electron chi connectivity index (χ0n) is 13.7. The van der Waals surface area contributed by atoms with Crippen molar-refractivity contribution in [1.29, 1.82) is 0 Å². The molecule has 2 aliphatic carbocycles. The van der Waals surface area contributed by atoms with Crippen molar-refractivity contribution in [2.45, 2.75) is 83.3 Å². The minimum atomic E-state index is 0.00690. The second-order valence-corrected chi connectivity index (χ2v) is 7.21. The van der Waals surface area contributed by atoms with E-state index in [9.17, 15) is 5.11 Å². The SMILES string of the molecule is CCC(C)CN(CC)C1CCCC(CO)(NC2CC2)C1. The van der Waals surface area contributed by atoms with Gasteiger partial charge in [-0.3, -0.25) is 0 Å². The molecule has 0 bridgehead atoms. The summed E-state index contributed by atoms with van der Waals surface area (Å²) in [7, 11) is 0. The Bertz CT molecular complexity index is 293. The summed E-state index contributed by atoms with van der Waals surface area (Å²) in [6.45, 7) is 9.58. The number of nitrogens with zero attached hydrogens (tertiary/aromatic N) is 1. The van der Waals surface area contributed by atoms with Gasteiger partial charge in [0.25, 0.3) is 0 Å². The first-order chi connectivity index (χ1) is 9.62. The van der Waals surface area contributed by atoms with Gasteiger partial charge in [-0.25, -0.2) is 0 Å². The van der Waals surface area contributed by atoms with Gasteiger partial charge < -0.3 is 15.3 Å². The lowest BCUT2D eigenvalue weighted by atomic mass is 9.78. The summed E-state index contributed by atoms with van der Waals surface area (Å²) in [5.74, 6) is 0.775. The van der Waals surface area contributed by atoms with E-state index in [1.165, 1.54) is 38.6 Å². The normalized spacial score (nSPS) is 32.5. The molecule has 0 aromatic carbocycles. The van der Waals surface area contributed by atoms with Crippen LogP contribution in [0, 0.1) is 5.92 Å². The maximum atomic E-state index is 9.94. The topological polar surface area (TPSA) is 35.5 Å². The molecule has 0 aliphatic heterocycles. The molecular weight excluding hydrogens is 248 g/mol. The predicted octanol–water partition coefficient (Wildman–Crippen LogP) is 2.78. The first-order valence-electron chi connectivity index (χ1n) is 8.75. The number of aliphatic hydroxyl groups excluding tert-OH is 1. The van der Waals surface area contributed by atoms with E-state index in [0.717, 1.165) is 25.3 Å². The monoisotopic (exact) mass is 282 g/mol. The molecular formula is C17H34N2O. The molecule has 0 aromatic heterocycles. The number of nitrogens with one attached hydrogen (secondary N) is 1. The van der Waals surface area contributed by atoms with Crippen LogP contribution in [0.3, 0.4) is 0 Å². The van der Waals surface area contributed by atoms with Crippen LogP contribution in [0.15, 0.2) is 0 Å². The summed E-state index contributed by atoms with van der Waals surface area (Å²) in [5.41, 5.74) is 0.00690.